The molecule has 0 bridgehead atoms. The van der Waals surface area contributed by atoms with Crippen molar-refractivity contribution >= 4 is 17.0 Å². The van der Waals surface area contributed by atoms with E-state index in [9.17, 15) is 5.11 Å². The van der Waals surface area contributed by atoms with Crippen molar-refractivity contribution in [2.24, 2.45) is 0 Å². The van der Waals surface area contributed by atoms with Crippen LogP contribution < -0.4 is 5.73 Å². The number of hydrogen-bond acceptors (Lipinski definition) is 8. The van der Waals surface area contributed by atoms with Crippen molar-refractivity contribution < 1.29 is 19.3 Å². The van der Waals surface area contributed by atoms with Crippen molar-refractivity contribution in [3.63, 3.8) is 0 Å². The molecule has 0 saturated carbocycles. The molecule has 2 aromatic rings. The van der Waals surface area contributed by atoms with Crippen molar-refractivity contribution in [3.8, 4) is 0 Å². The number of nitrogen functional groups attached to an aromatic ring is 1. The Morgan fingerprint density at radius 2 is 2.17 bits per heavy atom. The smallest absolute Gasteiger partial charge is 0.167 e. The van der Waals surface area contributed by atoms with Crippen LogP contribution in [-0.2, 0) is 14.2 Å². The summed E-state index contributed by atoms with van der Waals surface area (Å²) in [6, 6.07) is 0. The summed E-state index contributed by atoms with van der Waals surface area (Å²) in [5.74, 6) is 0.282. The fourth-order valence-corrected chi connectivity index (χ4v) is 2.72. The molecule has 2 aromatic heterocycles. The molecule has 1 fully saturated rings. The minimum atomic E-state index is -0.880. The van der Waals surface area contributed by atoms with Crippen LogP contribution >= 0.6 is 0 Å². The molecule has 4 atom stereocenters. The Morgan fingerprint density at radius 3 is 2.87 bits per heavy atom. The normalized spacial score (nSPS) is 28.0. The lowest BCUT2D eigenvalue weighted by Gasteiger charge is -2.19. The molecule has 1 aliphatic heterocycles. The number of imidazole rings is 1. The summed E-state index contributed by atoms with van der Waals surface area (Å²) in [7, 11) is 1.54. The average molecular weight is 323 g/mol. The number of rotatable bonds is 5. The third-order valence-corrected chi connectivity index (χ3v) is 3.84. The molecule has 3 rings (SSSR count). The van der Waals surface area contributed by atoms with E-state index in [0.29, 0.717) is 17.8 Å². The predicted molar refractivity (Wildman–Crippen MR) is 81.5 cm³/mol. The Morgan fingerprint density at radius 1 is 1.39 bits per heavy atom. The molecule has 0 unspecified atom stereocenters. The van der Waals surface area contributed by atoms with Crippen molar-refractivity contribution in [1.29, 1.82) is 0 Å². The number of hydrogen-bond donors (Lipinski definition) is 2. The van der Waals surface area contributed by atoms with Gasteiger partial charge in [0, 0.05) is 7.11 Å². The lowest BCUT2D eigenvalue weighted by molar-refractivity contribution is -0.0795. The van der Waals surface area contributed by atoms with Gasteiger partial charge in [-0.2, -0.15) is 0 Å². The zero-order valence-corrected chi connectivity index (χ0v) is 13.3. The van der Waals surface area contributed by atoms with Gasteiger partial charge in [0.05, 0.1) is 19.0 Å². The van der Waals surface area contributed by atoms with Gasteiger partial charge in [-0.05, 0) is 13.8 Å². The maximum Gasteiger partial charge on any atom is 0.167 e. The van der Waals surface area contributed by atoms with Gasteiger partial charge >= 0.3 is 0 Å². The second-order valence-electron chi connectivity index (χ2n) is 5.72. The molecule has 126 valence electrons. The second kappa shape index (κ2) is 6.36. The van der Waals surface area contributed by atoms with Crippen LogP contribution in [0.4, 0.5) is 5.82 Å². The summed E-state index contributed by atoms with van der Waals surface area (Å²) in [4.78, 5) is 12.3. The molecule has 3 N–H and O–H groups in total. The van der Waals surface area contributed by atoms with Gasteiger partial charge in [-0.25, -0.2) is 15.0 Å². The number of ether oxygens (including phenoxy) is 3. The molecular formula is C14H21N5O4. The summed E-state index contributed by atoms with van der Waals surface area (Å²) in [5.41, 5.74) is 6.76. The average Bonchev–Trinajstić information content (AvgIpc) is 3.07. The van der Waals surface area contributed by atoms with Crippen LogP contribution in [0.2, 0.25) is 0 Å². The van der Waals surface area contributed by atoms with Gasteiger partial charge in [-0.1, -0.05) is 0 Å². The van der Waals surface area contributed by atoms with Crippen LogP contribution in [0.1, 0.15) is 20.1 Å². The number of nitrogens with zero attached hydrogens (tertiary/aromatic N) is 4. The van der Waals surface area contributed by atoms with Crippen LogP contribution in [-0.4, -0.2) is 62.8 Å². The van der Waals surface area contributed by atoms with Crippen molar-refractivity contribution in [2.75, 3.05) is 19.5 Å². The fourth-order valence-electron chi connectivity index (χ4n) is 2.72. The van der Waals surface area contributed by atoms with E-state index in [1.807, 2.05) is 13.8 Å². The van der Waals surface area contributed by atoms with Gasteiger partial charge in [0.2, 0.25) is 0 Å². The molecule has 0 aromatic carbocycles. The number of methoxy groups -OCH3 is 1. The van der Waals surface area contributed by atoms with Crippen LogP contribution in [0, 0.1) is 0 Å². The number of nitrogens with two attached hydrogens (primary N) is 1. The largest absolute Gasteiger partial charge is 0.386 e. The summed E-state index contributed by atoms with van der Waals surface area (Å²) < 4.78 is 18.6. The van der Waals surface area contributed by atoms with E-state index in [2.05, 4.69) is 15.0 Å². The predicted octanol–water partition coefficient (Wildman–Crippen LogP) is 0.107. The van der Waals surface area contributed by atoms with E-state index in [4.69, 9.17) is 19.9 Å². The van der Waals surface area contributed by atoms with Gasteiger partial charge < -0.3 is 25.1 Å². The first-order valence-corrected chi connectivity index (χ1v) is 7.43. The highest BCUT2D eigenvalue weighted by Crippen LogP contribution is 2.33. The minimum Gasteiger partial charge on any atom is -0.386 e. The molecule has 1 aliphatic rings. The molecule has 9 nitrogen and oxygen atoms in total. The molecule has 1 saturated heterocycles. The van der Waals surface area contributed by atoms with Crippen LogP contribution in [0.3, 0.4) is 0 Å². The number of fused-ring (bicyclic) bond motifs is 1. The highest BCUT2D eigenvalue weighted by atomic mass is 16.6. The summed E-state index contributed by atoms with van der Waals surface area (Å²) in [6.07, 6.45) is 0.490. The molecule has 0 spiro atoms. The number of aliphatic hydroxyl groups excluding tert-OH is 1. The Bertz CT molecular complexity index is 676. The van der Waals surface area contributed by atoms with E-state index >= 15 is 0 Å². The Balaban J connectivity index is 1.88. The van der Waals surface area contributed by atoms with Crippen LogP contribution in [0.25, 0.3) is 11.2 Å². The molecule has 9 heteroatoms. The molecule has 0 amide bonds. The SMILES string of the molecule is CO[C@H]1[C@@H](O)[C@H](n2cnc3c(N)ncnc32)O[C@@H]1COC(C)C. The van der Waals surface area contributed by atoms with Crippen molar-refractivity contribution in [3.05, 3.63) is 12.7 Å². The quantitative estimate of drug-likeness (QED) is 0.796. The van der Waals surface area contributed by atoms with Gasteiger partial charge in [0.1, 0.15) is 30.2 Å². The number of aliphatic hydroxyl groups is 1. The third-order valence-electron chi connectivity index (χ3n) is 3.84. The molecule has 3 heterocycles. The third kappa shape index (κ3) is 2.88. The molecule has 0 radical (unpaired) electrons. The molecular weight excluding hydrogens is 302 g/mol. The standard InChI is InChI=1S/C14H21N5O4/c1-7(2)22-4-8-11(21-3)10(20)14(23-8)19-6-18-9-12(15)16-5-17-13(9)19/h5-8,10-11,14,20H,4H2,1-3H3,(H2,15,16,17)/t8-,10-,11-,14-/m1/s1. The summed E-state index contributed by atoms with van der Waals surface area (Å²) in [6.45, 7) is 4.20. The Kier molecular flexibility index (Phi) is 4.44. The fraction of sp³-hybridized carbons (Fsp3) is 0.643. The van der Waals surface area contributed by atoms with E-state index in [-0.39, 0.29) is 18.0 Å². The first-order chi connectivity index (χ1) is 11.0. The van der Waals surface area contributed by atoms with E-state index in [1.165, 1.54) is 19.8 Å². The first-order valence-electron chi connectivity index (χ1n) is 7.43. The first kappa shape index (κ1) is 16.1. The van der Waals surface area contributed by atoms with E-state index < -0.39 is 18.4 Å². The lowest BCUT2D eigenvalue weighted by Crippen LogP contribution is -2.36. The van der Waals surface area contributed by atoms with Crippen LogP contribution in [0.5, 0.6) is 0 Å². The van der Waals surface area contributed by atoms with E-state index in [0.717, 1.165) is 0 Å². The lowest BCUT2D eigenvalue weighted by atomic mass is 10.1. The number of aromatic nitrogens is 4. The maximum absolute atomic E-state index is 10.6. The summed E-state index contributed by atoms with van der Waals surface area (Å²) >= 11 is 0. The van der Waals surface area contributed by atoms with Crippen LogP contribution in [0.15, 0.2) is 12.7 Å². The zero-order valence-electron chi connectivity index (χ0n) is 13.3. The minimum absolute atomic E-state index is 0.0638. The summed E-state index contributed by atoms with van der Waals surface area (Å²) in [5, 5.41) is 10.6. The Hall–Kier alpha value is -1.81. The molecule has 0 aliphatic carbocycles. The number of anilines is 1. The Labute approximate surface area is 133 Å². The van der Waals surface area contributed by atoms with Gasteiger partial charge in [-0.3, -0.25) is 4.57 Å². The highest BCUT2D eigenvalue weighted by Gasteiger charge is 2.45. The highest BCUT2D eigenvalue weighted by molar-refractivity contribution is 5.81. The van der Waals surface area contributed by atoms with Gasteiger partial charge in [0.25, 0.3) is 0 Å². The van der Waals surface area contributed by atoms with Gasteiger partial charge in [0.15, 0.2) is 17.7 Å². The topological polar surface area (TPSA) is 118 Å². The zero-order chi connectivity index (χ0) is 16.6. The monoisotopic (exact) mass is 323 g/mol. The van der Waals surface area contributed by atoms with Crippen molar-refractivity contribution in [1.82, 2.24) is 19.5 Å². The van der Waals surface area contributed by atoms with Gasteiger partial charge in [-0.15, -0.1) is 0 Å². The van der Waals surface area contributed by atoms with E-state index in [1.54, 1.807) is 4.57 Å². The van der Waals surface area contributed by atoms with Crippen molar-refractivity contribution in [2.45, 2.75) is 44.5 Å². The molecule has 23 heavy (non-hydrogen) atoms. The maximum atomic E-state index is 10.6. The second-order valence-corrected chi connectivity index (χ2v) is 5.72.